The Bertz CT molecular complexity index is 1240. The summed E-state index contributed by atoms with van der Waals surface area (Å²) in [6.07, 6.45) is 0. The molecule has 0 aliphatic heterocycles. The topological polar surface area (TPSA) is 96.5 Å². The maximum Gasteiger partial charge on any atom is 0.256 e. The van der Waals surface area contributed by atoms with Crippen molar-refractivity contribution in [3.8, 4) is 22.9 Å². The maximum atomic E-state index is 13.0. The molecule has 0 spiro atoms. The number of aryl methyl sites for hydroxylation is 1. The molecule has 1 aromatic heterocycles. The van der Waals surface area contributed by atoms with Gasteiger partial charge in [-0.15, -0.1) is 5.10 Å². The SMILES string of the molecule is Cc1nnnn1-c1cccc(NC(=O)c2ccccc2-c2ccccc2C#N)c1. The fourth-order valence-corrected chi connectivity index (χ4v) is 3.12. The molecule has 0 radical (unpaired) electrons. The van der Waals surface area contributed by atoms with E-state index >= 15 is 0 Å². The van der Waals surface area contributed by atoms with Crippen molar-refractivity contribution < 1.29 is 4.79 Å². The van der Waals surface area contributed by atoms with Gasteiger partial charge in [0, 0.05) is 16.8 Å². The van der Waals surface area contributed by atoms with E-state index in [9.17, 15) is 10.1 Å². The van der Waals surface area contributed by atoms with Gasteiger partial charge in [0.05, 0.1) is 17.3 Å². The molecule has 29 heavy (non-hydrogen) atoms. The molecule has 0 aliphatic carbocycles. The number of amides is 1. The summed E-state index contributed by atoms with van der Waals surface area (Å²) >= 11 is 0. The molecule has 4 rings (SSSR count). The van der Waals surface area contributed by atoms with E-state index in [1.54, 1.807) is 48.0 Å². The van der Waals surface area contributed by atoms with E-state index in [0.29, 0.717) is 28.2 Å². The fraction of sp³-hybridized carbons (Fsp3) is 0.0455. The van der Waals surface area contributed by atoms with Crippen LogP contribution in [0.5, 0.6) is 0 Å². The lowest BCUT2D eigenvalue weighted by Gasteiger charge is -2.12. The van der Waals surface area contributed by atoms with E-state index in [1.807, 2.05) is 36.4 Å². The van der Waals surface area contributed by atoms with E-state index in [1.165, 1.54) is 0 Å². The van der Waals surface area contributed by atoms with Gasteiger partial charge in [-0.2, -0.15) is 9.94 Å². The third-order valence-electron chi connectivity index (χ3n) is 4.48. The first-order valence-corrected chi connectivity index (χ1v) is 8.92. The Kier molecular flexibility index (Phi) is 4.82. The molecule has 7 nitrogen and oxygen atoms in total. The number of hydrogen-bond donors (Lipinski definition) is 1. The number of anilines is 1. The molecule has 4 aromatic rings. The summed E-state index contributed by atoms with van der Waals surface area (Å²) in [4.78, 5) is 13.0. The first-order chi connectivity index (χ1) is 14.2. The van der Waals surface area contributed by atoms with Crippen molar-refractivity contribution in [2.24, 2.45) is 0 Å². The number of aromatic nitrogens is 4. The molecule has 1 amide bonds. The zero-order valence-corrected chi connectivity index (χ0v) is 15.6. The van der Waals surface area contributed by atoms with Crippen LogP contribution < -0.4 is 5.32 Å². The Morgan fingerprint density at radius 3 is 2.52 bits per heavy atom. The Morgan fingerprint density at radius 1 is 1.00 bits per heavy atom. The number of nitriles is 1. The lowest BCUT2D eigenvalue weighted by Crippen LogP contribution is -2.13. The van der Waals surface area contributed by atoms with Crippen LogP contribution in [0.1, 0.15) is 21.7 Å². The number of tetrazole rings is 1. The molecule has 0 atom stereocenters. The van der Waals surface area contributed by atoms with Crippen LogP contribution in [-0.2, 0) is 0 Å². The van der Waals surface area contributed by atoms with Crippen LogP contribution in [0, 0.1) is 18.3 Å². The second-order valence-electron chi connectivity index (χ2n) is 6.35. The van der Waals surface area contributed by atoms with Crippen molar-refractivity contribution in [1.29, 1.82) is 5.26 Å². The van der Waals surface area contributed by atoms with Gasteiger partial charge in [-0.25, -0.2) is 0 Å². The number of carbonyl (C=O) groups excluding carboxylic acids is 1. The molecule has 7 heteroatoms. The number of hydrogen-bond acceptors (Lipinski definition) is 5. The predicted octanol–water partition coefficient (Wildman–Crippen LogP) is 3.76. The lowest BCUT2D eigenvalue weighted by molar-refractivity contribution is 0.102. The van der Waals surface area contributed by atoms with Gasteiger partial charge in [-0.1, -0.05) is 42.5 Å². The highest BCUT2D eigenvalue weighted by Crippen LogP contribution is 2.27. The first-order valence-electron chi connectivity index (χ1n) is 8.92. The van der Waals surface area contributed by atoms with Crippen LogP contribution in [0.3, 0.4) is 0 Å². The Labute approximate surface area is 167 Å². The average molecular weight is 380 g/mol. The van der Waals surface area contributed by atoms with E-state index in [-0.39, 0.29) is 5.91 Å². The molecule has 3 aromatic carbocycles. The van der Waals surface area contributed by atoms with Crippen LogP contribution in [0.25, 0.3) is 16.8 Å². The average Bonchev–Trinajstić information content (AvgIpc) is 3.20. The van der Waals surface area contributed by atoms with Crippen molar-refractivity contribution in [1.82, 2.24) is 20.2 Å². The van der Waals surface area contributed by atoms with Crippen LogP contribution >= 0.6 is 0 Å². The van der Waals surface area contributed by atoms with Gasteiger partial charge >= 0.3 is 0 Å². The van der Waals surface area contributed by atoms with Gasteiger partial charge in [-0.3, -0.25) is 4.79 Å². The van der Waals surface area contributed by atoms with Crippen molar-refractivity contribution in [3.05, 3.63) is 89.7 Å². The highest BCUT2D eigenvalue weighted by molar-refractivity contribution is 6.09. The van der Waals surface area contributed by atoms with E-state index < -0.39 is 0 Å². The van der Waals surface area contributed by atoms with E-state index in [4.69, 9.17) is 0 Å². The maximum absolute atomic E-state index is 13.0. The number of carbonyl (C=O) groups is 1. The third-order valence-corrected chi connectivity index (χ3v) is 4.48. The molecule has 0 fully saturated rings. The second-order valence-corrected chi connectivity index (χ2v) is 6.35. The second kappa shape index (κ2) is 7.74. The summed E-state index contributed by atoms with van der Waals surface area (Å²) in [5, 5.41) is 23.8. The summed E-state index contributed by atoms with van der Waals surface area (Å²) in [7, 11) is 0. The molecule has 140 valence electrons. The van der Waals surface area contributed by atoms with E-state index in [0.717, 1.165) is 11.3 Å². The Balaban J connectivity index is 1.67. The van der Waals surface area contributed by atoms with Crippen molar-refractivity contribution in [2.75, 3.05) is 5.32 Å². The van der Waals surface area contributed by atoms with Crippen molar-refractivity contribution >= 4 is 11.6 Å². The lowest BCUT2D eigenvalue weighted by atomic mass is 9.95. The summed E-state index contributed by atoms with van der Waals surface area (Å²) in [6, 6.07) is 23.9. The summed E-state index contributed by atoms with van der Waals surface area (Å²) in [6.45, 7) is 1.80. The fourth-order valence-electron chi connectivity index (χ4n) is 3.12. The number of nitrogens with zero attached hydrogens (tertiary/aromatic N) is 5. The molecule has 0 unspecified atom stereocenters. The summed E-state index contributed by atoms with van der Waals surface area (Å²) in [5.74, 6) is 0.380. The smallest absolute Gasteiger partial charge is 0.256 e. The number of nitrogens with one attached hydrogen (secondary N) is 1. The minimum atomic E-state index is -0.265. The molecule has 0 aliphatic rings. The summed E-state index contributed by atoms with van der Waals surface area (Å²) in [5.41, 5.74) is 3.79. The highest BCUT2D eigenvalue weighted by Gasteiger charge is 2.15. The monoisotopic (exact) mass is 380 g/mol. The van der Waals surface area contributed by atoms with Gasteiger partial charge in [-0.05, 0) is 53.2 Å². The Hall–Kier alpha value is -4.31. The molecule has 0 bridgehead atoms. The molecular weight excluding hydrogens is 364 g/mol. The van der Waals surface area contributed by atoms with Crippen LogP contribution in [0.15, 0.2) is 72.8 Å². The predicted molar refractivity (Wildman–Crippen MR) is 108 cm³/mol. The van der Waals surface area contributed by atoms with Crippen LogP contribution in [0.4, 0.5) is 5.69 Å². The zero-order valence-electron chi connectivity index (χ0n) is 15.6. The third kappa shape index (κ3) is 3.59. The minimum absolute atomic E-state index is 0.265. The van der Waals surface area contributed by atoms with Gasteiger partial charge in [0.2, 0.25) is 0 Å². The zero-order chi connectivity index (χ0) is 20.2. The van der Waals surface area contributed by atoms with Gasteiger partial charge in [0.25, 0.3) is 5.91 Å². The molecule has 1 heterocycles. The molecule has 0 saturated carbocycles. The molecule has 1 N–H and O–H groups in total. The Morgan fingerprint density at radius 2 is 1.76 bits per heavy atom. The number of rotatable bonds is 4. The van der Waals surface area contributed by atoms with Crippen LogP contribution in [-0.4, -0.2) is 26.1 Å². The van der Waals surface area contributed by atoms with E-state index in [2.05, 4.69) is 26.9 Å². The van der Waals surface area contributed by atoms with Crippen molar-refractivity contribution in [2.45, 2.75) is 6.92 Å². The highest BCUT2D eigenvalue weighted by atomic mass is 16.1. The van der Waals surface area contributed by atoms with Gasteiger partial charge in [0.15, 0.2) is 5.82 Å². The first kappa shape index (κ1) is 18.1. The standard InChI is InChI=1S/C22H16N6O/c1-15-25-26-27-28(15)18-9-6-8-17(13-18)24-22(29)21-12-5-4-11-20(21)19-10-3-2-7-16(19)14-23/h2-13H,1H3,(H,24,29). The van der Waals surface area contributed by atoms with Gasteiger partial charge in [0.1, 0.15) is 0 Å². The number of benzene rings is 3. The van der Waals surface area contributed by atoms with Crippen LogP contribution in [0.2, 0.25) is 0 Å². The largest absolute Gasteiger partial charge is 0.322 e. The minimum Gasteiger partial charge on any atom is -0.322 e. The van der Waals surface area contributed by atoms with Gasteiger partial charge < -0.3 is 5.32 Å². The summed E-state index contributed by atoms with van der Waals surface area (Å²) < 4.78 is 1.59. The van der Waals surface area contributed by atoms with Crippen molar-refractivity contribution in [3.63, 3.8) is 0 Å². The molecule has 0 saturated heterocycles. The quantitative estimate of drug-likeness (QED) is 0.581. The normalized spacial score (nSPS) is 10.3. The molecular formula is C22H16N6O.